The summed E-state index contributed by atoms with van der Waals surface area (Å²) >= 11 is 0. The summed E-state index contributed by atoms with van der Waals surface area (Å²) in [5, 5.41) is 33.8. The van der Waals surface area contributed by atoms with Gasteiger partial charge in [-0.05, 0) is 68.2 Å². The number of aliphatic hydroxyl groups is 1. The first kappa shape index (κ1) is 140. The Hall–Kier alpha value is -8.16. The molecular formula is C75H73BF54N2NaO13. The Morgan fingerprint density at radius 2 is 0.466 bits per heavy atom. The fraction of sp³-hybridized carbons (Fsp3) is 0.733. The van der Waals surface area contributed by atoms with Crippen LogP contribution in [0.2, 0.25) is 0 Å². The largest absolute Gasteiger partial charge is 1.00 e. The summed E-state index contributed by atoms with van der Waals surface area (Å²) in [5.41, 5.74) is -7.70. The minimum absolute atomic E-state index is 0. The molecule has 1 N–H and O–H groups in total. The molecule has 3 aromatic rings. The predicted octanol–water partition coefficient (Wildman–Crippen LogP) is 26.9. The first-order chi connectivity index (χ1) is 63.2. The zero-order chi connectivity index (χ0) is 115. The van der Waals surface area contributed by atoms with Crippen LogP contribution in [0.5, 0.6) is 34.5 Å². The van der Waals surface area contributed by atoms with Gasteiger partial charge in [-0.15, -0.1) is 0 Å². The molecule has 71 heteroatoms. The van der Waals surface area contributed by atoms with Crippen molar-refractivity contribution < 1.29 is 321 Å². The van der Waals surface area contributed by atoms with Crippen LogP contribution >= 0.6 is 0 Å². The van der Waals surface area contributed by atoms with Gasteiger partial charge < -0.3 is 35.0 Å². The van der Waals surface area contributed by atoms with E-state index in [0.717, 1.165) is 18.2 Å². The maximum atomic E-state index is 13.9. The average molecular weight is 2270 g/mol. The Labute approximate surface area is 809 Å². The minimum Gasteiger partial charge on any atom is -1.00 e. The van der Waals surface area contributed by atoms with E-state index >= 15 is 0 Å². The number of nitro benzene ring substituents is 2. The molecule has 1 unspecified atom stereocenters. The summed E-state index contributed by atoms with van der Waals surface area (Å²) in [7, 11) is 0. The van der Waals surface area contributed by atoms with Crippen molar-refractivity contribution in [2.45, 2.75) is 289 Å². The maximum Gasteiger partial charge on any atom is 1.00 e. The van der Waals surface area contributed by atoms with E-state index in [2.05, 4.69) is 0 Å². The molecule has 1 atom stereocenters. The smallest absolute Gasteiger partial charge is 1.00 e. The van der Waals surface area contributed by atoms with Gasteiger partial charge in [0.1, 0.15) is 0 Å². The van der Waals surface area contributed by atoms with Crippen LogP contribution in [0.15, 0.2) is 42.5 Å². The van der Waals surface area contributed by atoms with Crippen molar-refractivity contribution in [2.24, 2.45) is 16.2 Å². The van der Waals surface area contributed by atoms with E-state index in [-0.39, 0.29) is 45.0 Å². The monoisotopic (exact) mass is 2270 g/mol. The van der Waals surface area contributed by atoms with Crippen molar-refractivity contribution in [1.82, 2.24) is 0 Å². The van der Waals surface area contributed by atoms with Gasteiger partial charge in [0.15, 0.2) is 46.1 Å². The third kappa shape index (κ3) is 30.4. The topological polar surface area (TPSA) is 196 Å². The van der Waals surface area contributed by atoms with Gasteiger partial charge in [-0.1, -0.05) is 62.3 Å². The first-order valence-electron chi connectivity index (χ1n) is 38.8. The van der Waals surface area contributed by atoms with Crippen molar-refractivity contribution in [3.8, 4) is 34.5 Å². The molecule has 0 aromatic heterocycles. The molecular weight excluding hydrogens is 2200 g/mol. The van der Waals surface area contributed by atoms with Crippen LogP contribution in [-0.2, 0) is 0 Å². The van der Waals surface area contributed by atoms with Crippen LogP contribution in [0, 0.1) is 36.5 Å². The van der Waals surface area contributed by atoms with Crippen molar-refractivity contribution in [3.63, 3.8) is 0 Å². The Bertz CT molecular complexity index is 4810. The number of hydrogen-bond acceptors (Lipinski definition) is 13. The number of nitro groups is 2. The fourth-order valence-electron chi connectivity index (χ4n) is 10.7. The van der Waals surface area contributed by atoms with Gasteiger partial charge in [-0.25, -0.2) is 0 Å². The summed E-state index contributed by atoms with van der Waals surface area (Å²) in [6, 6.07) is 4.28. The molecule has 146 heavy (non-hydrogen) atoms. The van der Waals surface area contributed by atoms with Crippen LogP contribution in [0.1, 0.15) is 173 Å². The number of carbonyl (C=O) groups is 2. The molecule has 0 aliphatic rings. The number of rotatable bonds is 47. The molecule has 0 saturated heterocycles. The van der Waals surface area contributed by atoms with Gasteiger partial charge in [-0.2, -0.15) is 237 Å². The van der Waals surface area contributed by atoms with E-state index in [9.17, 15) is 272 Å². The van der Waals surface area contributed by atoms with Crippen LogP contribution < -0.4 is 58.0 Å². The molecule has 0 fully saturated rings. The van der Waals surface area contributed by atoms with Gasteiger partial charge in [0.2, 0.25) is 0 Å². The molecule has 0 aliphatic heterocycles. The van der Waals surface area contributed by atoms with E-state index in [1.807, 2.05) is 0 Å². The second-order valence-corrected chi connectivity index (χ2v) is 33.6. The number of carbonyl (C=O) groups excluding carboxylic acids is 2. The maximum absolute atomic E-state index is 13.9. The van der Waals surface area contributed by atoms with Crippen LogP contribution in [0.4, 0.5) is 248 Å². The summed E-state index contributed by atoms with van der Waals surface area (Å²) in [4.78, 5) is 46.1. The van der Waals surface area contributed by atoms with Gasteiger partial charge >= 0.3 is 173 Å². The van der Waals surface area contributed by atoms with Crippen molar-refractivity contribution >= 4 is 31.4 Å². The molecule has 0 heterocycles. The molecule has 3 aromatic carbocycles. The molecule has 15 nitrogen and oxygen atoms in total. The standard InChI is InChI=1S/C25H25F18NO5.C25H23F18NO5.C25H24F18O3.B.Na.H/c2*1-17(2,3)16(45)12-10-14(48-8-4-6-18(26,27)20(30,31)22(34,35)24(38,39)40)15(11-13(12)44(46)47)49-9-5-7-19(28,29)21(32,33)23(36,37)25(41,42)43;1-17(2,3)16(44)13-6-7-14(45-10-4-8-18(26,27)20(30,31)22(34,35)24(38,39)40)15(12-13)46-11-5-9-19(28,29)21(32,33)23(36,37)25(41,42)43;;;/h10-11,16,45H,4-9H2,1-3H3;10-11H,4-9H2,1-3H3;6-7,12H,4-5,8-11H2,1-3H3;;;/q;;;;+1;-1. The van der Waals surface area contributed by atoms with E-state index in [1.54, 1.807) is 0 Å². The molecule has 0 saturated carbocycles. The molecule has 0 spiro atoms. The summed E-state index contributed by atoms with van der Waals surface area (Å²) in [6.45, 7) is 4.24. The van der Waals surface area contributed by atoms with E-state index < -0.39 is 361 Å². The van der Waals surface area contributed by atoms with Gasteiger partial charge in [-0.3, -0.25) is 29.8 Å². The number of benzene rings is 3. The van der Waals surface area contributed by atoms with E-state index in [1.165, 1.54) is 62.3 Å². The second kappa shape index (κ2) is 46.6. The molecule has 3 rings (SSSR count). The molecule has 0 aliphatic carbocycles. The van der Waals surface area contributed by atoms with Crippen molar-refractivity contribution in [2.75, 3.05) is 39.6 Å². The first-order valence-corrected chi connectivity index (χ1v) is 38.8. The molecule has 843 valence electrons. The normalized spacial score (nSPS) is 14.7. The minimum atomic E-state index is -7.22. The Morgan fingerprint density at radius 1 is 0.281 bits per heavy atom. The predicted molar refractivity (Wildman–Crippen MR) is 385 cm³/mol. The van der Waals surface area contributed by atoms with Crippen LogP contribution in [-0.4, -0.2) is 218 Å². The zero-order valence-corrected chi connectivity index (χ0v) is 76.6. The van der Waals surface area contributed by atoms with E-state index in [4.69, 9.17) is 28.4 Å². The van der Waals surface area contributed by atoms with Gasteiger partial charge in [0, 0.05) is 69.4 Å². The number of alkyl halides is 54. The number of hydrogen-bond donors (Lipinski definition) is 1. The Balaban J connectivity index is -0.00000210. The Kier molecular flexibility index (Phi) is 44.6. The fourth-order valence-corrected chi connectivity index (χ4v) is 10.7. The molecule has 3 radical (unpaired) electrons. The van der Waals surface area contributed by atoms with Gasteiger partial charge in [0.05, 0.1) is 78.9 Å². The third-order valence-electron chi connectivity index (χ3n) is 19.1. The van der Waals surface area contributed by atoms with Crippen molar-refractivity contribution in [1.29, 1.82) is 0 Å². The third-order valence-corrected chi connectivity index (χ3v) is 19.1. The zero-order valence-electron chi connectivity index (χ0n) is 75.6. The summed E-state index contributed by atoms with van der Waals surface area (Å²) in [6.07, 6.45) is -67.2. The SMILES string of the molecule is CC(C)(C)C(=O)c1cc(OCCCC(F)(F)C(F)(F)C(F)(F)C(F)(F)F)c(OCCCC(F)(F)C(F)(F)C(F)(F)C(F)(F)F)cc1[N+](=O)[O-].CC(C)(C)C(=O)c1ccc(OCCCC(F)(F)C(F)(F)C(F)(F)C(F)(F)F)c(OCCCC(F)(F)C(F)(F)C(F)(F)C(F)(F)F)c1.CC(C)(C)C(O)c1cc(OCCCC(F)(F)C(F)(F)C(F)(F)C(F)(F)F)c(OCCCC(F)(F)C(F)(F)C(F)(F)C(F)(F)F)cc1[N+](=O)[O-].[B].[H-].[Na+]. The number of ketones is 2. The van der Waals surface area contributed by atoms with Crippen molar-refractivity contribution in [3.05, 3.63) is 79.4 Å². The quantitative estimate of drug-likeness (QED) is 0.0140. The Morgan fingerprint density at radius 3 is 0.658 bits per heavy atom. The molecule has 0 amide bonds. The summed E-state index contributed by atoms with van der Waals surface area (Å²) < 4.78 is 735. The second-order valence-electron chi connectivity index (χ2n) is 33.6. The van der Waals surface area contributed by atoms with Crippen LogP contribution in [0.3, 0.4) is 0 Å². The summed E-state index contributed by atoms with van der Waals surface area (Å²) in [5.74, 6) is -128. The number of Topliss-reactive ketones (excluding diaryl/α,β-unsaturated/α-hetero) is 2. The van der Waals surface area contributed by atoms with Gasteiger partial charge in [0.25, 0.3) is 11.4 Å². The molecule has 0 bridgehead atoms. The van der Waals surface area contributed by atoms with Crippen LogP contribution in [0.25, 0.3) is 0 Å². The number of nitrogens with zero attached hydrogens (tertiary/aromatic N) is 2. The van der Waals surface area contributed by atoms with E-state index in [0.29, 0.717) is 24.3 Å². The number of ether oxygens (including phenoxy) is 6. The number of aliphatic hydroxyl groups excluding tert-OH is 1. The number of halogens is 54. The average Bonchev–Trinajstić information content (AvgIpc) is 0.758.